The Morgan fingerprint density at radius 3 is 2.61 bits per heavy atom. The maximum Gasteiger partial charge on any atom is 0.246 e. The fourth-order valence-electron chi connectivity index (χ4n) is 4.62. The molecular formula is C27H32FN5O4S. The van der Waals surface area contributed by atoms with Crippen LogP contribution in [-0.2, 0) is 20.9 Å². The minimum Gasteiger partial charge on any atom is -0.391 e. The molecule has 38 heavy (non-hydrogen) atoms. The number of aryl methyl sites for hydroxylation is 1. The Balaban J connectivity index is 1.45. The van der Waals surface area contributed by atoms with Crippen LogP contribution in [0.5, 0.6) is 0 Å². The Morgan fingerprint density at radius 2 is 2.05 bits per heavy atom. The molecular weight excluding hydrogens is 509 g/mol. The summed E-state index contributed by atoms with van der Waals surface area (Å²) in [6.07, 6.45) is 0.0281. The van der Waals surface area contributed by atoms with Crippen molar-refractivity contribution in [3.63, 3.8) is 0 Å². The highest BCUT2D eigenvalue weighted by Crippen LogP contribution is 2.45. The fraction of sp³-hybridized carbons (Fsp3) is 0.519. The van der Waals surface area contributed by atoms with Crippen molar-refractivity contribution >= 4 is 29.1 Å². The summed E-state index contributed by atoms with van der Waals surface area (Å²) in [6, 6.07) is 4.82. The van der Waals surface area contributed by atoms with Crippen LogP contribution in [0.2, 0.25) is 0 Å². The van der Waals surface area contributed by atoms with Crippen LogP contribution < -0.4 is 10.6 Å². The third-order valence-corrected chi connectivity index (χ3v) is 8.10. The summed E-state index contributed by atoms with van der Waals surface area (Å²) >= 11 is 1.35. The van der Waals surface area contributed by atoms with E-state index in [1.165, 1.54) is 22.3 Å². The number of amides is 3. The molecule has 0 unspecified atom stereocenters. The SMILES string of the molecule is Cc1ncsc1-c1ccc(CNC(=O)[C@@H]2C[C@@H](O)CN2C(=O)[C@H](NC(=O)C2(C#N)CC2)C(C)(C)C)cc1F. The van der Waals surface area contributed by atoms with Crippen LogP contribution >= 0.6 is 11.3 Å². The number of nitriles is 1. The summed E-state index contributed by atoms with van der Waals surface area (Å²) in [6.45, 7) is 7.16. The van der Waals surface area contributed by atoms with E-state index in [1.54, 1.807) is 38.4 Å². The number of benzene rings is 1. The number of aliphatic hydroxyl groups is 1. The van der Waals surface area contributed by atoms with Gasteiger partial charge in [0.15, 0.2) is 0 Å². The highest BCUT2D eigenvalue weighted by Gasteiger charge is 2.53. The molecule has 2 aromatic rings. The molecule has 0 radical (unpaired) electrons. The number of thiazole rings is 1. The van der Waals surface area contributed by atoms with Crippen molar-refractivity contribution in [1.29, 1.82) is 5.26 Å². The molecule has 11 heteroatoms. The lowest BCUT2D eigenvalue weighted by molar-refractivity contribution is -0.144. The van der Waals surface area contributed by atoms with Gasteiger partial charge in [-0.05, 0) is 36.8 Å². The van der Waals surface area contributed by atoms with E-state index in [1.807, 2.05) is 13.0 Å². The van der Waals surface area contributed by atoms with Crippen molar-refractivity contribution in [3.05, 3.63) is 40.8 Å². The van der Waals surface area contributed by atoms with Crippen molar-refractivity contribution < 1.29 is 23.9 Å². The second kappa shape index (κ2) is 10.4. The van der Waals surface area contributed by atoms with Gasteiger partial charge >= 0.3 is 0 Å². The van der Waals surface area contributed by atoms with Crippen LogP contribution in [0.25, 0.3) is 10.4 Å². The molecule has 9 nitrogen and oxygen atoms in total. The van der Waals surface area contributed by atoms with Gasteiger partial charge in [0.2, 0.25) is 17.7 Å². The van der Waals surface area contributed by atoms with Gasteiger partial charge in [-0.1, -0.05) is 32.9 Å². The van der Waals surface area contributed by atoms with Crippen LogP contribution in [0, 0.1) is 34.9 Å². The summed E-state index contributed by atoms with van der Waals surface area (Å²) in [5.74, 6) is -1.89. The molecule has 1 saturated heterocycles. The Hall–Kier alpha value is -3.36. The predicted molar refractivity (Wildman–Crippen MR) is 139 cm³/mol. The monoisotopic (exact) mass is 541 g/mol. The number of carbonyl (C=O) groups is 3. The van der Waals surface area contributed by atoms with E-state index in [4.69, 9.17) is 0 Å². The zero-order valence-electron chi connectivity index (χ0n) is 21.9. The van der Waals surface area contributed by atoms with Crippen LogP contribution in [0.4, 0.5) is 4.39 Å². The highest BCUT2D eigenvalue weighted by molar-refractivity contribution is 7.13. The van der Waals surface area contributed by atoms with E-state index < -0.39 is 52.6 Å². The number of halogens is 1. The van der Waals surface area contributed by atoms with Crippen molar-refractivity contribution in [2.45, 2.75) is 71.7 Å². The Labute approximate surface area is 225 Å². The summed E-state index contributed by atoms with van der Waals surface area (Å²) in [5, 5.41) is 25.2. The molecule has 1 aliphatic carbocycles. The minimum absolute atomic E-state index is 0.0382. The number of nitrogens with one attached hydrogen (secondary N) is 2. The van der Waals surface area contributed by atoms with E-state index >= 15 is 0 Å². The number of nitrogens with zero attached hydrogens (tertiary/aromatic N) is 3. The number of hydrogen-bond acceptors (Lipinski definition) is 7. The van der Waals surface area contributed by atoms with E-state index in [-0.39, 0.29) is 19.5 Å². The Morgan fingerprint density at radius 1 is 1.34 bits per heavy atom. The molecule has 202 valence electrons. The van der Waals surface area contributed by atoms with E-state index in [0.29, 0.717) is 24.0 Å². The second-order valence-electron chi connectivity index (χ2n) is 11.2. The Bertz CT molecular complexity index is 1290. The first-order valence-corrected chi connectivity index (χ1v) is 13.4. The zero-order chi connectivity index (χ0) is 27.8. The number of aliphatic hydroxyl groups excluding tert-OH is 1. The van der Waals surface area contributed by atoms with Crippen LogP contribution in [0.15, 0.2) is 23.7 Å². The smallest absolute Gasteiger partial charge is 0.246 e. The average Bonchev–Trinajstić information content (AvgIpc) is 3.40. The van der Waals surface area contributed by atoms with Gasteiger partial charge in [-0.15, -0.1) is 11.3 Å². The van der Waals surface area contributed by atoms with E-state index in [0.717, 1.165) is 10.6 Å². The molecule has 0 bridgehead atoms. The largest absolute Gasteiger partial charge is 0.391 e. The van der Waals surface area contributed by atoms with Crippen molar-refractivity contribution in [2.24, 2.45) is 10.8 Å². The molecule has 1 aromatic carbocycles. The van der Waals surface area contributed by atoms with Gasteiger partial charge in [0, 0.05) is 25.1 Å². The lowest BCUT2D eigenvalue weighted by Gasteiger charge is -2.35. The van der Waals surface area contributed by atoms with Crippen molar-refractivity contribution in [3.8, 4) is 16.5 Å². The normalized spacial score (nSPS) is 20.9. The molecule has 1 aromatic heterocycles. The number of β-amino-alcohol motifs (C(OH)–C–C–N with tert-alkyl or cyclic N) is 1. The molecule has 2 fully saturated rings. The van der Waals surface area contributed by atoms with Crippen molar-refractivity contribution in [1.82, 2.24) is 20.5 Å². The first kappa shape index (κ1) is 27.7. The molecule has 3 atom stereocenters. The third-order valence-electron chi connectivity index (χ3n) is 7.14. The van der Waals surface area contributed by atoms with E-state index in [2.05, 4.69) is 15.6 Å². The maximum absolute atomic E-state index is 14.8. The van der Waals surface area contributed by atoms with E-state index in [9.17, 15) is 29.1 Å². The van der Waals surface area contributed by atoms with Crippen LogP contribution in [0.3, 0.4) is 0 Å². The van der Waals surface area contributed by atoms with Gasteiger partial charge < -0.3 is 20.6 Å². The first-order chi connectivity index (χ1) is 17.9. The molecule has 2 heterocycles. The first-order valence-electron chi connectivity index (χ1n) is 12.5. The molecule has 3 N–H and O–H groups in total. The molecule has 0 spiro atoms. The summed E-state index contributed by atoms with van der Waals surface area (Å²) in [7, 11) is 0. The fourth-order valence-corrected chi connectivity index (χ4v) is 5.46. The van der Waals surface area contributed by atoms with Crippen LogP contribution in [0.1, 0.15) is 51.3 Å². The van der Waals surface area contributed by atoms with Gasteiger partial charge in [-0.25, -0.2) is 9.37 Å². The quantitative estimate of drug-likeness (QED) is 0.493. The number of carbonyl (C=O) groups excluding carboxylic acids is 3. The molecule has 4 rings (SSSR count). The number of hydrogen-bond donors (Lipinski definition) is 3. The number of rotatable bonds is 7. The van der Waals surface area contributed by atoms with Gasteiger partial charge in [0.05, 0.1) is 28.3 Å². The predicted octanol–water partition coefficient (Wildman–Crippen LogP) is 2.67. The molecule has 2 aliphatic rings. The summed E-state index contributed by atoms with van der Waals surface area (Å²) < 4.78 is 14.8. The summed E-state index contributed by atoms with van der Waals surface area (Å²) in [4.78, 5) is 45.7. The van der Waals surface area contributed by atoms with Crippen molar-refractivity contribution in [2.75, 3.05) is 6.54 Å². The second-order valence-corrected chi connectivity index (χ2v) is 12.0. The molecule has 1 saturated carbocycles. The third kappa shape index (κ3) is 5.56. The van der Waals surface area contributed by atoms with Crippen LogP contribution in [-0.4, -0.2) is 57.4 Å². The van der Waals surface area contributed by atoms with Gasteiger partial charge in [-0.3, -0.25) is 14.4 Å². The topological polar surface area (TPSA) is 135 Å². The standard InChI is InChI=1S/C27H32FN5O4S/c1-15-21(38-14-31-15)18-6-5-16(9-19(18)28)11-30-23(35)20-10-17(34)12-33(20)24(36)22(26(2,3)4)32-25(37)27(13-29)7-8-27/h5-6,9,14,17,20,22,34H,7-8,10-12H2,1-4H3,(H,30,35)(H,32,37)/t17-,20+,22+/m1/s1. The maximum atomic E-state index is 14.8. The highest BCUT2D eigenvalue weighted by atomic mass is 32.1. The summed E-state index contributed by atoms with van der Waals surface area (Å²) in [5.41, 5.74) is 1.57. The minimum atomic E-state index is -1.10. The molecule has 1 aliphatic heterocycles. The lowest BCUT2D eigenvalue weighted by atomic mass is 9.85. The zero-order valence-corrected chi connectivity index (χ0v) is 22.7. The average molecular weight is 542 g/mol. The lowest BCUT2D eigenvalue weighted by Crippen LogP contribution is -2.58. The number of aromatic nitrogens is 1. The number of likely N-dealkylation sites (tertiary alicyclic amines) is 1. The van der Waals surface area contributed by atoms with Gasteiger partial charge in [-0.2, -0.15) is 5.26 Å². The van der Waals surface area contributed by atoms with Gasteiger partial charge in [0.25, 0.3) is 0 Å². The Kier molecular flexibility index (Phi) is 7.59. The van der Waals surface area contributed by atoms with Gasteiger partial charge in [0.1, 0.15) is 23.3 Å². The molecule has 3 amide bonds.